The second-order valence-electron chi connectivity index (χ2n) is 5.82. The van der Waals surface area contributed by atoms with Crippen LogP contribution in [0.2, 0.25) is 0 Å². The lowest BCUT2D eigenvalue weighted by atomic mass is 9.70. The van der Waals surface area contributed by atoms with Crippen LogP contribution >= 0.6 is 0 Å². The molecule has 0 aliphatic rings. The molecule has 2 rings (SSSR count). The predicted molar refractivity (Wildman–Crippen MR) is 84.1 cm³/mol. The number of hydrogen-bond acceptors (Lipinski definition) is 2. The van der Waals surface area contributed by atoms with E-state index in [1.807, 2.05) is 0 Å². The van der Waals surface area contributed by atoms with Gasteiger partial charge in [0.1, 0.15) is 0 Å². The molecule has 0 fully saturated rings. The molecule has 2 aromatic rings. The van der Waals surface area contributed by atoms with Gasteiger partial charge in [0, 0.05) is 11.4 Å². The zero-order valence-corrected chi connectivity index (χ0v) is 13.4. The molecule has 0 saturated carbocycles. The molecule has 25 heavy (non-hydrogen) atoms. The van der Waals surface area contributed by atoms with Crippen LogP contribution in [0.5, 0.6) is 0 Å². The van der Waals surface area contributed by atoms with E-state index in [1.165, 1.54) is 13.8 Å². The van der Waals surface area contributed by atoms with Gasteiger partial charge in [0.25, 0.3) is 0 Å². The van der Waals surface area contributed by atoms with Crippen LogP contribution in [0.25, 0.3) is 0 Å². The van der Waals surface area contributed by atoms with Crippen molar-refractivity contribution in [2.45, 2.75) is 31.6 Å². The third-order valence-corrected chi connectivity index (χ3v) is 4.43. The van der Waals surface area contributed by atoms with Crippen LogP contribution in [-0.2, 0) is 5.41 Å². The van der Waals surface area contributed by atoms with Crippen LogP contribution in [0.1, 0.15) is 22.3 Å². The lowest BCUT2D eigenvalue weighted by Gasteiger charge is -2.39. The van der Waals surface area contributed by atoms with Crippen molar-refractivity contribution in [3.05, 3.63) is 58.7 Å². The maximum atomic E-state index is 14.0. The fourth-order valence-electron chi connectivity index (χ4n) is 2.93. The van der Waals surface area contributed by atoms with E-state index in [0.717, 1.165) is 36.4 Å². The maximum Gasteiger partial charge on any atom is 0.411 e. The summed E-state index contributed by atoms with van der Waals surface area (Å²) in [6.07, 6.45) is -11.3. The lowest BCUT2D eigenvalue weighted by molar-refractivity contribution is -0.288. The molecule has 136 valence electrons. The zero-order chi connectivity index (χ0) is 19.2. The molecule has 4 N–H and O–H groups in total. The lowest BCUT2D eigenvalue weighted by Crippen LogP contribution is -2.55. The number of rotatable bonds is 2. The maximum absolute atomic E-state index is 14.0. The van der Waals surface area contributed by atoms with Gasteiger partial charge in [-0.15, -0.1) is 0 Å². The number of nitrogens with two attached hydrogens (primary N) is 2. The summed E-state index contributed by atoms with van der Waals surface area (Å²) in [6, 6.07) is 5.38. The minimum absolute atomic E-state index is 0.0622. The van der Waals surface area contributed by atoms with Crippen molar-refractivity contribution in [2.75, 3.05) is 11.5 Å². The highest BCUT2D eigenvalue weighted by molar-refractivity contribution is 5.58. The number of benzene rings is 2. The molecule has 0 unspecified atom stereocenters. The Morgan fingerprint density at radius 3 is 1.60 bits per heavy atom. The summed E-state index contributed by atoms with van der Waals surface area (Å²) in [7, 11) is 0. The Balaban J connectivity index is 3.00. The molecule has 8 heteroatoms. The van der Waals surface area contributed by atoms with E-state index in [9.17, 15) is 26.3 Å². The third kappa shape index (κ3) is 2.79. The Kier molecular flexibility index (Phi) is 4.44. The summed E-state index contributed by atoms with van der Waals surface area (Å²) in [5.74, 6) is 0. The minimum Gasteiger partial charge on any atom is -0.399 e. The normalized spacial score (nSPS) is 13.1. The molecule has 0 saturated heterocycles. The molecule has 0 heterocycles. The van der Waals surface area contributed by atoms with Crippen LogP contribution in [0, 0.1) is 13.8 Å². The van der Waals surface area contributed by atoms with Crippen molar-refractivity contribution in [3.8, 4) is 0 Å². The monoisotopic (exact) mass is 362 g/mol. The van der Waals surface area contributed by atoms with Gasteiger partial charge in [-0.3, -0.25) is 0 Å². The number of halogens is 6. The third-order valence-electron chi connectivity index (χ3n) is 4.43. The quantitative estimate of drug-likeness (QED) is 0.591. The average Bonchev–Trinajstić information content (AvgIpc) is 2.47. The molecule has 2 nitrogen and oxygen atoms in total. The summed E-state index contributed by atoms with van der Waals surface area (Å²) in [5.41, 5.74) is 5.21. The molecular formula is C17H16F6N2. The molecule has 0 radical (unpaired) electrons. The molecule has 0 bridgehead atoms. The summed E-state index contributed by atoms with van der Waals surface area (Å²) < 4.78 is 83.8. The molecule has 0 aliphatic carbocycles. The minimum atomic E-state index is -5.63. The molecule has 0 aromatic heterocycles. The Morgan fingerprint density at radius 2 is 1.16 bits per heavy atom. The number of hydrogen-bond donors (Lipinski definition) is 2. The average molecular weight is 362 g/mol. The first-order chi connectivity index (χ1) is 11.3. The van der Waals surface area contributed by atoms with E-state index < -0.39 is 28.9 Å². The van der Waals surface area contributed by atoms with E-state index in [1.54, 1.807) is 0 Å². The Bertz CT molecular complexity index is 761. The smallest absolute Gasteiger partial charge is 0.399 e. The van der Waals surface area contributed by atoms with Gasteiger partial charge in [0.15, 0.2) is 0 Å². The van der Waals surface area contributed by atoms with Gasteiger partial charge < -0.3 is 11.5 Å². The molecule has 0 atom stereocenters. The van der Waals surface area contributed by atoms with Crippen LogP contribution in [-0.4, -0.2) is 12.4 Å². The van der Waals surface area contributed by atoms with Crippen molar-refractivity contribution in [1.29, 1.82) is 0 Å². The van der Waals surface area contributed by atoms with Gasteiger partial charge in [-0.05, 0) is 54.3 Å². The van der Waals surface area contributed by atoms with Crippen molar-refractivity contribution in [2.24, 2.45) is 0 Å². The molecule has 0 spiro atoms. The van der Waals surface area contributed by atoms with E-state index in [0.29, 0.717) is 0 Å². The van der Waals surface area contributed by atoms with Gasteiger partial charge >= 0.3 is 12.4 Å². The highest BCUT2D eigenvalue weighted by Crippen LogP contribution is 2.57. The second kappa shape index (κ2) is 5.86. The first kappa shape index (κ1) is 19.0. The van der Waals surface area contributed by atoms with Crippen LogP contribution in [0.15, 0.2) is 36.4 Å². The van der Waals surface area contributed by atoms with Crippen LogP contribution in [0.4, 0.5) is 37.7 Å². The highest BCUT2D eigenvalue weighted by Gasteiger charge is 2.72. The fourth-order valence-corrected chi connectivity index (χ4v) is 2.93. The summed E-state index contributed by atoms with van der Waals surface area (Å²) in [6.45, 7) is 2.58. The van der Waals surface area contributed by atoms with Gasteiger partial charge in [0.05, 0.1) is 0 Å². The molecule has 2 aromatic carbocycles. The molecular weight excluding hydrogens is 346 g/mol. The van der Waals surface area contributed by atoms with Crippen molar-refractivity contribution >= 4 is 11.4 Å². The Hall–Kier alpha value is -2.38. The zero-order valence-electron chi connectivity index (χ0n) is 13.4. The van der Waals surface area contributed by atoms with Crippen LogP contribution in [0.3, 0.4) is 0 Å². The first-order valence-corrected chi connectivity index (χ1v) is 7.19. The first-order valence-electron chi connectivity index (χ1n) is 7.19. The number of nitrogen functional groups attached to an aromatic ring is 2. The number of alkyl halides is 6. The predicted octanol–water partition coefficient (Wildman–Crippen LogP) is 4.88. The van der Waals surface area contributed by atoms with E-state index in [-0.39, 0.29) is 22.5 Å². The van der Waals surface area contributed by atoms with Crippen molar-refractivity contribution < 1.29 is 26.3 Å². The summed E-state index contributed by atoms with van der Waals surface area (Å²) in [4.78, 5) is 0. The SMILES string of the molecule is Cc1c(N)ccc(C(c2ccc(N)cc2)(C(F)(F)F)C(F)(F)F)c1C. The van der Waals surface area contributed by atoms with E-state index in [4.69, 9.17) is 11.5 Å². The topological polar surface area (TPSA) is 52.0 Å². The second-order valence-corrected chi connectivity index (χ2v) is 5.82. The van der Waals surface area contributed by atoms with Gasteiger partial charge in [-0.25, -0.2) is 0 Å². The van der Waals surface area contributed by atoms with E-state index >= 15 is 0 Å². The van der Waals surface area contributed by atoms with Crippen molar-refractivity contribution in [1.82, 2.24) is 0 Å². The summed E-state index contributed by atoms with van der Waals surface area (Å²) >= 11 is 0. The summed E-state index contributed by atoms with van der Waals surface area (Å²) in [5, 5.41) is 0. The van der Waals surface area contributed by atoms with Gasteiger partial charge in [-0.2, -0.15) is 26.3 Å². The van der Waals surface area contributed by atoms with Gasteiger partial charge in [-0.1, -0.05) is 18.2 Å². The largest absolute Gasteiger partial charge is 0.411 e. The molecule has 0 amide bonds. The molecule has 0 aliphatic heterocycles. The number of anilines is 2. The highest BCUT2D eigenvalue weighted by atomic mass is 19.4. The standard InChI is InChI=1S/C17H16F6N2/c1-9-10(2)14(25)8-7-13(9)15(16(18,19)20,17(21,22)23)11-3-5-12(24)6-4-11/h3-8H,24-25H2,1-2H3. The van der Waals surface area contributed by atoms with E-state index in [2.05, 4.69) is 0 Å². The van der Waals surface area contributed by atoms with Crippen LogP contribution < -0.4 is 11.5 Å². The Labute approximate surface area is 140 Å². The fraction of sp³-hybridized carbons (Fsp3) is 0.294. The van der Waals surface area contributed by atoms with Crippen molar-refractivity contribution in [3.63, 3.8) is 0 Å². The Morgan fingerprint density at radius 1 is 0.680 bits per heavy atom. The van der Waals surface area contributed by atoms with Gasteiger partial charge in [0.2, 0.25) is 5.41 Å².